The van der Waals surface area contributed by atoms with E-state index in [9.17, 15) is 4.79 Å². The lowest BCUT2D eigenvalue weighted by atomic mass is 10.3. The number of halogens is 1. The number of hydrogen-bond donors (Lipinski definition) is 1. The van der Waals surface area contributed by atoms with Gasteiger partial charge in [0, 0.05) is 11.5 Å². The third-order valence-electron chi connectivity index (χ3n) is 1.87. The Bertz CT molecular complexity index is 485. The van der Waals surface area contributed by atoms with Crippen molar-refractivity contribution in [2.24, 2.45) is 7.05 Å². The van der Waals surface area contributed by atoms with Crippen molar-refractivity contribution in [1.29, 1.82) is 0 Å². The third kappa shape index (κ3) is 2.98. The Kier molecular flexibility index (Phi) is 6.81. The quantitative estimate of drug-likeness (QED) is 0.788. The lowest BCUT2D eigenvalue weighted by molar-refractivity contribution is 0.890. The first-order valence-corrected chi connectivity index (χ1v) is 6.32. The van der Waals surface area contributed by atoms with E-state index in [-0.39, 0.29) is 5.69 Å². The minimum absolute atomic E-state index is 0.0862. The van der Waals surface area contributed by atoms with Crippen LogP contribution in [0.4, 0.5) is 0 Å². The van der Waals surface area contributed by atoms with Gasteiger partial charge in [-0.2, -0.15) is 0 Å². The molecule has 4 heteroatoms. The van der Waals surface area contributed by atoms with Crippen LogP contribution in [-0.2, 0) is 7.05 Å². The van der Waals surface area contributed by atoms with E-state index < -0.39 is 0 Å². The van der Waals surface area contributed by atoms with Gasteiger partial charge in [-0.1, -0.05) is 33.8 Å². The van der Waals surface area contributed by atoms with Gasteiger partial charge in [0.2, 0.25) is 0 Å². The van der Waals surface area contributed by atoms with E-state index >= 15 is 0 Å². The van der Waals surface area contributed by atoms with Gasteiger partial charge < -0.3 is 4.98 Å². The van der Waals surface area contributed by atoms with Gasteiger partial charge in [-0.25, -0.2) is 4.79 Å². The van der Waals surface area contributed by atoms with Crippen LogP contribution in [0.5, 0.6) is 0 Å². The van der Waals surface area contributed by atoms with Crippen molar-refractivity contribution in [3.05, 3.63) is 33.2 Å². The standard InChI is InChI=1S/C8H7BrN2O.2C2H6/c1-11-7-5(9)3-2-4-6(7)10-8(11)12;2*1-2/h2-4H,1H3,(H,10,12);2*1-2H3. The van der Waals surface area contributed by atoms with E-state index in [0.29, 0.717) is 0 Å². The van der Waals surface area contributed by atoms with E-state index in [0.717, 1.165) is 15.5 Å². The molecule has 1 aromatic carbocycles. The first-order chi connectivity index (χ1) is 7.70. The predicted molar refractivity (Wildman–Crippen MR) is 73.9 cm³/mol. The number of aryl methyl sites for hydroxylation is 1. The van der Waals surface area contributed by atoms with Crippen LogP contribution < -0.4 is 5.69 Å². The molecule has 1 N–H and O–H groups in total. The van der Waals surface area contributed by atoms with Crippen LogP contribution in [-0.4, -0.2) is 9.55 Å². The number of nitrogens with zero attached hydrogens (tertiary/aromatic N) is 1. The molecule has 3 nitrogen and oxygen atoms in total. The molecule has 16 heavy (non-hydrogen) atoms. The molecule has 1 heterocycles. The summed E-state index contributed by atoms with van der Waals surface area (Å²) in [7, 11) is 1.74. The summed E-state index contributed by atoms with van der Waals surface area (Å²) in [4.78, 5) is 13.9. The molecule has 0 radical (unpaired) electrons. The predicted octanol–water partition coefficient (Wildman–Crippen LogP) is 3.68. The smallest absolute Gasteiger partial charge is 0.306 e. The van der Waals surface area contributed by atoms with Gasteiger partial charge in [0.15, 0.2) is 0 Å². The SMILES string of the molecule is CC.CC.Cn1c(=O)[nH]c2cccc(Br)c21. The van der Waals surface area contributed by atoms with Gasteiger partial charge in [-0.3, -0.25) is 4.57 Å². The minimum atomic E-state index is -0.0862. The number of aromatic amines is 1. The number of fused-ring (bicyclic) bond motifs is 1. The first kappa shape index (κ1) is 15.0. The second kappa shape index (κ2) is 7.28. The molecule has 0 aliphatic carbocycles. The van der Waals surface area contributed by atoms with Crippen LogP contribution in [0.2, 0.25) is 0 Å². The highest BCUT2D eigenvalue weighted by Gasteiger charge is 2.04. The molecular weight excluding hydrogens is 268 g/mol. The molecule has 0 fully saturated rings. The molecule has 0 bridgehead atoms. The lowest BCUT2D eigenvalue weighted by Crippen LogP contribution is -2.11. The summed E-state index contributed by atoms with van der Waals surface area (Å²) in [6.45, 7) is 8.00. The molecule has 2 rings (SSSR count). The van der Waals surface area contributed by atoms with E-state index in [1.807, 2.05) is 45.9 Å². The van der Waals surface area contributed by atoms with Crippen LogP contribution in [0, 0.1) is 0 Å². The molecule has 0 atom stereocenters. The largest absolute Gasteiger partial charge is 0.326 e. The highest BCUT2D eigenvalue weighted by Crippen LogP contribution is 2.20. The fourth-order valence-electron chi connectivity index (χ4n) is 1.26. The number of imidazole rings is 1. The topological polar surface area (TPSA) is 37.8 Å². The Morgan fingerprint density at radius 1 is 1.19 bits per heavy atom. The van der Waals surface area contributed by atoms with Gasteiger partial charge in [-0.05, 0) is 28.1 Å². The highest BCUT2D eigenvalue weighted by atomic mass is 79.9. The van der Waals surface area contributed by atoms with Crippen LogP contribution in [0.15, 0.2) is 27.5 Å². The van der Waals surface area contributed by atoms with Crippen molar-refractivity contribution in [2.45, 2.75) is 27.7 Å². The number of rotatable bonds is 0. The van der Waals surface area contributed by atoms with Crippen LogP contribution in [0.1, 0.15) is 27.7 Å². The molecule has 2 aromatic rings. The number of aromatic nitrogens is 2. The summed E-state index contributed by atoms with van der Waals surface area (Å²) in [6, 6.07) is 5.68. The van der Waals surface area contributed by atoms with E-state index in [4.69, 9.17) is 0 Å². The van der Waals surface area contributed by atoms with Gasteiger partial charge in [0.05, 0.1) is 11.0 Å². The maximum atomic E-state index is 11.2. The molecule has 0 amide bonds. The molecule has 0 saturated carbocycles. The summed E-state index contributed by atoms with van der Waals surface area (Å²) < 4.78 is 2.51. The maximum absolute atomic E-state index is 11.2. The van der Waals surface area contributed by atoms with Crippen molar-refractivity contribution in [1.82, 2.24) is 9.55 Å². The number of H-pyrrole nitrogens is 1. The molecule has 0 aliphatic rings. The second-order valence-electron chi connectivity index (χ2n) is 2.63. The molecule has 0 spiro atoms. The summed E-state index contributed by atoms with van der Waals surface area (Å²) in [5.41, 5.74) is 1.68. The summed E-state index contributed by atoms with van der Waals surface area (Å²) in [5.74, 6) is 0. The maximum Gasteiger partial charge on any atom is 0.326 e. The Hall–Kier alpha value is -1.03. The van der Waals surface area contributed by atoms with Gasteiger partial charge >= 0.3 is 5.69 Å². The Morgan fingerprint density at radius 2 is 1.75 bits per heavy atom. The van der Waals surface area contributed by atoms with Crippen LogP contribution >= 0.6 is 15.9 Å². The zero-order valence-electron chi connectivity index (χ0n) is 10.5. The van der Waals surface area contributed by atoms with Gasteiger partial charge in [0.25, 0.3) is 0 Å². The summed E-state index contributed by atoms with van der Waals surface area (Å²) in [5, 5.41) is 0. The minimum Gasteiger partial charge on any atom is -0.306 e. The number of para-hydroxylation sites is 1. The van der Waals surface area contributed by atoms with Crippen molar-refractivity contribution in [3.63, 3.8) is 0 Å². The summed E-state index contributed by atoms with van der Waals surface area (Å²) >= 11 is 3.38. The normalized spacial score (nSPS) is 8.88. The number of benzene rings is 1. The van der Waals surface area contributed by atoms with Crippen LogP contribution in [0.3, 0.4) is 0 Å². The highest BCUT2D eigenvalue weighted by molar-refractivity contribution is 9.10. The van der Waals surface area contributed by atoms with E-state index in [2.05, 4.69) is 20.9 Å². The fourth-order valence-corrected chi connectivity index (χ4v) is 1.89. The lowest BCUT2D eigenvalue weighted by Gasteiger charge is -1.95. The number of hydrogen-bond acceptors (Lipinski definition) is 1. The molecule has 0 unspecified atom stereocenters. The average molecular weight is 287 g/mol. The molecule has 0 saturated heterocycles. The second-order valence-corrected chi connectivity index (χ2v) is 3.48. The Morgan fingerprint density at radius 3 is 2.25 bits per heavy atom. The van der Waals surface area contributed by atoms with Crippen molar-refractivity contribution < 1.29 is 0 Å². The summed E-state index contributed by atoms with van der Waals surface area (Å²) in [6.07, 6.45) is 0. The van der Waals surface area contributed by atoms with Crippen LogP contribution in [0.25, 0.3) is 11.0 Å². The van der Waals surface area contributed by atoms with Crippen molar-refractivity contribution >= 4 is 27.0 Å². The van der Waals surface area contributed by atoms with Crippen molar-refractivity contribution in [2.75, 3.05) is 0 Å². The fraction of sp³-hybridized carbons (Fsp3) is 0.417. The monoisotopic (exact) mass is 286 g/mol. The van der Waals surface area contributed by atoms with Gasteiger partial charge in [0.1, 0.15) is 0 Å². The molecular formula is C12H19BrN2O. The molecule has 90 valence electrons. The van der Waals surface area contributed by atoms with Crippen molar-refractivity contribution in [3.8, 4) is 0 Å². The third-order valence-corrected chi connectivity index (χ3v) is 2.51. The zero-order valence-corrected chi connectivity index (χ0v) is 12.1. The average Bonchev–Trinajstić information content (AvgIpc) is 2.62. The molecule has 0 aliphatic heterocycles. The van der Waals surface area contributed by atoms with Gasteiger partial charge in [-0.15, -0.1) is 0 Å². The van der Waals surface area contributed by atoms with E-state index in [1.165, 1.54) is 0 Å². The Labute approximate surface area is 105 Å². The Balaban J connectivity index is 0.000000509. The van der Waals surface area contributed by atoms with E-state index in [1.54, 1.807) is 11.6 Å². The zero-order chi connectivity index (χ0) is 12.7. The first-order valence-electron chi connectivity index (χ1n) is 5.53. The molecule has 1 aromatic heterocycles. The number of nitrogens with one attached hydrogen (secondary N) is 1.